The fourth-order valence-corrected chi connectivity index (χ4v) is 1.49. The molecule has 1 aromatic heterocycles. The third-order valence-electron chi connectivity index (χ3n) is 2.44. The van der Waals surface area contributed by atoms with Crippen molar-refractivity contribution < 1.29 is 4.39 Å². The molecule has 0 saturated heterocycles. The van der Waals surface area contributed by atoms with Crippen LogP contribution < -0.4 is 5.56 Å². The van der Waals surface area contributed by atoms with Crippen LogP contribution in [0.3, 0.4) is 0 Å². The number of aryl methyl sites for hydroxylation is 1. The van der Waals surface area contributed by atoms with Crippen molar-refractivity contribution >= 4 is 0 Å². The average Bonchev–Trinajstić information content (AvgIpc) is 2.27. The number of halogens is 1. The van der Waals surface area contributed by atoms with Gasteiger partial charge in [0.15, 0.2) is 0 Å². The van der Waals surface area contributed by atoms with Crippen molar-refractivity contribution in [2.75, 3.05) is 0 Å². The lowest BCUT2D eigenvalue weighted by Gasteiger charge is -2.07. The molecule has 0 unspecified atom stereocenters. The van der Waals surface area contributed by atoms with Gasteiger partial charge in [-0.1, -0.05) is 6.07 Å². The number of hydrogen-bond acceptors (Lipinski definition) is 2. The third kappa shape index (κ3) is 2.16. The Bertz CT molecular complexity index is 563. The van der Waals surface area contributed by atoms with Gasteiger partial charge in [0.25, 0.3) is 5.56 Å². The van der Waals surface area contributed by atoms with E-state index in [9.17, 15) is 9.18 Å². The van der Waals surface area contributed by atoms with Crippen molar-refractivity contribution in [2.45, 2.75) is 13.5 Å². The Balaban J connectivity index is 2.38. The second kappa shape index (κ2) is 4.26. The Kier molecular flexibility index (Phi) is 2.81. The van der Waals surface area contributed by atoms with Crippen LogP contribution in [0, 0.1) is 12.7 Å². The van der Waals surface area contributed by atoms with Crippen molar-refractivity contribution in [3.05, 3.63) is 64.1 Å². The van der Waals surface area contributed by atoms with Crippen LogP contribution in [0.25, 0.3) is 0 Å². The van der Waals surface area contributed by atoms with Gasteiger partial charge in [-0.2, -0.15) is 0 Å². The van der Waals surface area contributed by atoms with E-state index >= 15 is 0 Å². The van der Waals surface area contributed by atoms with E-state index in [-0.39, 0.29) is 11.4 Å². The molecule has 0 aliphatic rings. The highest BCUT2D eigenvalue weighted by Crippen LogP contribution is 2.10. The number of nitrogens with zero attached hydrogens (tertiary/aromatic N) is 2. The first-order chi connectivity index (χ1) is 7.66. The van der Waals surface area contributed by atoms with Crippen molar-refractivity contribution in [3.8, 4) is 0 Å². The van der Waals surface area contributed by atoms with Gasteiger partial charge in [-0.25, -0.2) is 9.37 Å². The molecule has 0 amide bonds. The molecule has 16 heavy (non-hydrogen) atoms. The fraction of sp³-hybridized carbons (Fsp3) is 0.167. The molecule has 0 N–H and O–H groups in total. The van der Waals surface area contributed by atoms with Crippen molar-refractivity contribution in [1.29, 1.82) is 0 Å². The molecule has 0 spiro atoms. The van der Waals surface area contributed by atoms with E-state index in [0.29, 0.717) is 6.54 Å². The van der Waals surface area contributed by atoms with Crippen LogP contribution in [0.4, 0.5) is 4.39 Å². The first kappa shape index (κ1) is 10.5. The zero-order valence-electron chi connectivity index (χ0n) is 8.85. The Morgan fingerprint density at radius 3 is 2.94 bits per heavy atom. The van der Waals surface area contributed by atoms with E-state index in [4.69, 9.17) is 0 Å². The molecule has 0 radical (unpaired) electrons. The predicted molar refractivity (Wildman–Crippen MR) is 58.7 cm³/mol. The second-order valence-corrected chi connectivity index (χ2v) is 3.62. The SMILES string of the molecule is Cc1ccc(F)cc1Cn1cnccc1=O. The predicted octanol–water partition coefficient (Wildman–Crippen LogP) is 1.74. The molecule has 2 rings (SSSR count). The minimum atomic E-state index is -0.294. The van der Waals surface area contributed by atoms with Crippen LogP contribution in [0.5, 0.6) is 0 Å². The molecule has 0 aliphatic heterocycles. The molecule has 2 aromatic rings. The Labute approximate surface area is 92.2 Å². The monoisotopic (exact) mass is 218 g/mol. The lowest BCUT2D eigenvalue weighted by atomic mass is 10.1. The van der Waals surface area contributed by atoms with Crippen molar-refractivity contribution in [3.63, 3.8) is 0 Å². The summed E-state index contributed by atoms with van der Waals surface area (Å²) in [7, 11) is 0. The average molecular weight is 218 g/mol. The summed E-state index contributed by atoms with van der Waals surface area (Å²) in [5, 5.41) is 0. The molecule has 0 saturated carbocycles. The van der Waals surface area contributed by atoms with Gasteiger partial charge in [-0.15, -0.1) is 0 Å². The maximum Gasteiger partial charge on any atom is 0.253 e. The summed E-state index contributed by atoms with van der Waals surface area (Å²) >= 11 is 0. The zero-order chi connectivity index (χ0) is 11.5. The number of hydrogen-bond donors (Lipinski definition) is 0. The van der Waals surface area contributed by atoms with Crippen LogP contribution in [0.1, 0.15) is 11.1 Å². The van der Waals surface area contributed by atoms with Gasteiger partial charge in [0.2, 0.25) is 0 Å². The van der Waals surface area contributed by atoms with Gasteiger partial charge in [0.1, 0.15) is 5.82 Å². The molecule has 0 atom stereocenters. The topological polar surface area (TPSA) is 34.9 Å². The summed E-state index contributed by atoms with van der Waals surface area (Å²) in [6.45, 7) is 2.23. The van der Waals surface area contributed by atoms with Gasteiger partial charge in [0, 0.05) is 12.3 Å². The summed E-state index contributed by atoms with van der Waals surface area (Å²) in [5.41, 5.74) is 1.60. The van der Waals surface area contributed by atoms with Crippen LogP contribution in [-0.4, -0.2) is 9.55 Å². The summed E-state index contributed by atoms with van der Waals surface area (Å²) in [5.74, 6) is -0.294. The van der Waals surface area contributed by atoms with E-state index in [1.54, 1.807) is 6.07 Å². The fourth-order valence-electron chi connectivity index (χ4n) is 1.49. The van der Waals surface area contributed by atoms with Crippen molar-refractivity contribution in [1.82, 2.24) is 9.55 Å². The number of benzene rings is 1. The van der Waals surface area contributed by atoms with Crippen LogP contribution in [0.15, 0.2) is 41.6 Å². The number of rotatable bonds is 2. The normalized spacial score (nSPS) is 10.4. The van der Waals surface area contributed by atoms with Crippen LogP contribution in [0.2, 0.25) is 0 Å². The first-order valence-corrected chi connectivity index (χ1v) is 4.92. The molecule has 0 bridgehead atoms. The minimum Gasteiger partial charge on any atom is -0.295 e. The standard InChI is InChI=1S/C12H11FN2O/c1-9-2-3-11(13)6-10(9)7-15-8-14-5-4-12(15)16/h2-6,8H,7H2,1H3. The molecule has 1 aromatic carbocycles. The molecule has 1 heterocycles. The maximum atomic E-state index is 13.0. The van der Waals surface area contributed by atoms with E-state index in [0.717, 1.165) is 11.1 Å². The largest absolute Gasteiger partial charge is 0.295 e. The first-order valence-electron chi connectivity index (χ1n) is 4.92. The Morgan fingerprint density at radius 1 is 1.38 bits per heavy atom. The molecule has 0 fully saturated rings. The Morgan fingerprint density at radius 2 is 2.19 bits per heavy atom. The van der Waals surface area contributed by atoms with E-state index in [1.165, 1.54) is 35.3 Å². The number of aromatic nitrogens is 2. The van der Waals surface area contributed by atoms with Crippen LogP contribution >= 0.6 is 0 Å². The highest BCUT2D eigenvalue weighted by molar-refractivity contribution is 5.26. The molecule has 4 heteroatoms. The lowest BCUT2D eigenvalue weighted by Crippen LogP contribution is -2.19. The van der Waals surface area contributed by atoms with E-state index < -0.39 is 0 Å². The van der Waals surface area contributed by atoms with E-state index in [2.05, 4.69) is 4.98 Å². The van der Waals surface area contributed by atoms with E-state index in [1.807, 2.05) is 6.92 Å². The smallest absolute Gasteiger partial charge is 0.253 e. The van der Waals surface area contributed by atoms with Crippen molar-refractivity contribution in [2.24, 2.45) is 0 Å². The quantitative estimate of drug-likeness (QED) is 0.769. The highest BCUT2D eigenvalue weighted by atomic mass is 19.1. The summed E-state index contributed by atoms with van der Waals surface area (Å²) in [6, 6.07) is 5.93. The summed E-state index contributed by atoms with van der Waals surface area (Å²) in [4.78, 5) is 15.3. The molecule has 0 aliphatic carbocycles. The summed E-state index contributed by atoms with van der Waals surface area (Å²) in [6.07, 6.45) is 2.89. The molecule has 82 valence electrons. The van der Waals surface area contributed by atoms with Crippen LogP contribution in [-0.2, 0) is 6.54 Å². The zero-order valence-corrected chi connectivity index (χ0v) is 8.85. The lowest BCUT2D eigenvalue weighted by molar-refractivity contribution is 0.621. The van der Waals surface area contributed by atoms with Gasteiger partial charge < -0.3 is 0 Å². The third-order valence-corrected chi connectivity index (χ3v) is 2.44. The van der Waals surface area contributed by atoms with Gasteiger partial charge in [0.05, 0.1) is 12.9 Å². The van der Waals surface area contributed by atoms with Gasteiger partial charge in [-0.05, 0) is 30.2 Å². The highest BCUT2D eigenvalue weighted by Gasteiger charge is 2.02. The molecular formula is C12H11FN2O. The maximum absolute atomic E-state index is 13.0. The van der Waals surface area contributed by atoms with Gasteiger partial charge in [-0.3, -0.25) is 9.36 Å². The Hall–Kier alpha value is -1.97. The molecular weight excluding hydrogens is 207 g/mol. The molecule has 3 nitrogen and oxygen atoms in total. The minimum absolute atomic E-state index is 0.140. The van der Waals surface area contributed by atoms with Gasteiger partial charge >= 0.3 is 0 Å². The summed E-state index contributed by atoms with van der Waals surface area (Å²) < 4.78 is 14.5. The second-order valence-electron chi connectivity index (χ2n) is 3.62.